The van der Waals surface area contributed by atoms with Gasteiger partial charge in [-0.05, 0) is 28.7 Å². The maximum absolute atomic E-state index is 12.3. The number of hydrogen-bond acceptors (Lipinski definition) is 1. The van der Waals surface area contributed by atoms with Crippen molar-refractivity contribution in [2.45, 2.75) is 26.2 Å². The van der Waals surface area contributed by atoms with Crippen LogP contribution in [0.1, 0.15) is 46.8 Å². The molecule has 0 saturated heterocycles. The van der Waals surface area contributed by atoms with E-state index >= 15 is 0 Å². The lowest BCUT2D eigenvalue weighted by Gasteiger charge is -2.05. The second-order valence-corrected chi connectivity index (χ2v) is 5.65. The van der Waals surface area contributed by atoms with Crippen LogP contribution in [0.4, 0.5) is 0 Å². The second kappa shape index (κ2) is 5.09. The number of rotatable bonds is 2. The van der Waals surface area contributed by atoms with E-state index in [1.807, 2.05) is 30.3 Å². The molecule has 1 heteroatoms. The smallest absolute Gasteiger partial charge is 0.189 e. The van der Waals surface area contributed by atoms with Gasteiger partial charge in [0.25, 0.3) is 0 Å². The van der Waals surface area contributed by atoms with Gasteiger partial charge in [0.15, 0.2) is 5.78 Å². The van der Waals surface area contributed by atoms with Crippen molar-refractivity contribution >= 4 is 11.9 Å². The molecule has 1 aliphatic carbocycles. The highest BCUT2D eigenvalue weighted by Gasteiger charge is 2.23. The second-order valence-electron chi connectivity index (χ2n) is 5.65. The number of ketones is 1. The molecule has 2 aromatic rings. The Morgan fingerprint density at radius 2 is 1.70 bits per heavy atom. The minimum absolute atomic E-state index is 0.175. The minimum Gasteiger partial charge on any atom is -0.289 e. The number of fused-ring (bicyclic) bond motifs is 1. The SMILES string of the molecule is CC(C)c1ccc(/C=C2\Cc3ccccc3C2=O)cc1. The minimum atomic E-state index is 0.175. The molecule has 3 rings (SSSR count). The molecule has 0 bridgehead atoms. The van der Waals surface area contributed by atoms with Crippen molar-refractivity contribution in [3.63, 3.8) is 0 Å². The molecule has 0 radical (unpaired) electrons. The zero-order chi connectivity index (χ0) is 14.1. The zero-order valence-electron chi connectivity index (χ0n) is 11.9. The van der Waals surface area contributed by atoms with Gasteiger partial charge < -0.3 is 0 Å². The van der Waals surface area contributed by atoms with Crippen LogP contribution < -0.4 is 0 Å². The fourth-order valence-corrected chi connectivity index (χ4v) is 2.65. The molecule has 0 fully saturated rings. The van der Waals surface area contributed by atoms with Crippen LogP contribution in [0, 0.1) is 0 Å². The first-order valence-corrected chi connectivity index (χ1v) is 7.08. The molecule has 2 aromatic carbocycles. The molecule has 1 nitrogen and oxygen atoms in total. The van der Waals surface area contributed by atoms with Gasteiger partial charge in [-0.3, -0.25) is 4.79 Å². The maximum atomic E-state index is 12.3. The first kappa shape index (κ1) is 12.9. The number of Topliss-reactive ketones (excluding diaryl/α,β-unsaturated/α-hetero) is 1. The highest BCUT2D eigenvalue weighted by atomic mass is 16.1. The van der Waals surface area contributed by atoms with Crippen LogP contribution in [0.3, 0.4) is 0 Å². The normalized spacial score (nSPS) is 15.9. The summed E-state index contributed by atoms with van der Waals surface area (Å²) in [6.07, 6.45) is 2.77. The summed E-state index contributed by atoms with van der Waals surface area (Å²) in [6, 6.07) is 16.4. The molecule has 0 atom stereocenters. The lowest BCUT2D eigenvalue weighted by molar-refractivity contribution is 0.104. The Balaban J connectivity index is 1.89. The van der Waals surface area contributed by atoms with Gasteiger partial charge in [-0.1, -0.05) is 62.4 Å². The van der Waals surface area contributed by atoms with E-state index in [0.29, 0.717) is 5.92 Å². The molecule has 0 N–H and O–H groups in total. The van der Waals surface area contributed by atoms with Gasteiger partial charge in [-0.25, -0.2) is 0 Å². The average Bonchev–Trinajstić information content (AvgIpc) is 2.77. The van der Waals surface area contributed by atoms with Crippen LogP contribution in [0.25, 0.3) is 6.08 Å². The quantitative estimate of drug-likeness (QED) is 0.721. The number of benzene rings is 2. The topological polar surface area (TPSA) is 17.1 Å². The lowest BCUT2D eigenvalue weighted by Crippen LogP contribution is -1.95. The fraction of sp³-hybridized carbons (Fsp3) is 0.211. The summed E-state index contributed by atoms with van der Waals surface area (Å²) < 4.78 is 0. The monoisotopic (exact) mass is 262 g/mol. The van der Waals surface area contributed by atoms with E-state index in [1.54, 1.807) is 0 Å². The summed E-state index contributed by atoms with van der Waals surface area (Å²) in [5.74, 6) is 0.711. The van der Waals surface area contributed by atoms with E-state index in [2.05, 4.69) is 38.1 Å². The zero-order valence-corrected chi connectivity index (χ0v) is 11.9. The van der Waals surface area contributed by atoms with Gasteiger partial charge in [0.2, 0.25) is 0 Å². The van der Waals surface area contributed by atoms with Crippen LogP contribution in [-0.4, -0.2) is 5.78 Å². The van der Waals surface area contributed by atoms with Crippen molar-refractivity contribution in [3.05, 3.63) is 76.4 Å². The first-order valence-electron chi connectivity index (χ1n) is 7.08. The third-order valence-corrected chi connectivity index (χ3v) is 3.88. The standard InChI is InChI=1S/C19H18O/c1-13(2)15-9-7-14(8-10-15)11-17-12-16-5-3-4-6-18(16)19(17)20/h3-11,13H,12H2,1-2H3/b17-11+. The summed E-state index contributed by atoms with van der Waals surface area (Å²) >= 11 is 0. The third kappa shape index (κ3) is 2.32. The Kier molecular flexibility index (Phi) is 3.27. The van der Waals surface area contributed by atoms with E-state index in [9.17, 15) is 4.79 Å². The fourth-order valence-electron chi connectivity index (χ4n) is 2.65. The number of carbonyl (C=O) groups excluding carboxylic acids is 1. The predicted octanol–water partition coefficient (Wildman–Crippen LogP) is 4.63. The first-order chi connectivity index (χ1) is 9.65. The Hall–Kier alpha value is -2.15. The van der Waals surface area contributed by atoms with Crippen molar-refractivity contribution in [2.24, 2.45) is 0 Å². The summed E-state index contributed by atoms with van der Waals surface area (Å²) in [4.78, 5) is 12.3. The van der Waals surface area contributed by atoms with Crippen LogP contribution in [0.5, 0.6) is 0 Å². The van der Waals surface area contributed by atoms with Crippen LogP contribution >= 0.6 is 0 Å². The van der Waals surface area contributed by atoms with Gasteiger partial charge >= 0.3 is 0 Å². The molecule has 0 aromatic heterocycles. The lowest BCUT2D eigenvalue weighted by atomic mass is 10.0. The molecule has 0 unspecified atom stereocenters. The Bertz CT molecular complexity index is 675. The van der Waals surface area contributed by atoms with E-state index < -0.39 is 0 Å². The molecule has 0 amide bonds. The van der Waals surface area contributed by atoms with Crippen molar-refractivity contribution < 1.29 is 4.79 Å². The molecular weight excluding hydrogens is 244 g/mol. The van der Waals surface area contributed by atoms with Gasteiger partial charge in [0.1, 0.15) is 0 Å². The molecule has 0 spiro atoms. The highest BCUT2D eigenvalue weighted by molar-refractivity contribution is 6.15. The Labute approximate surface area is 120 Å². The van der Waals surface area contributed by atoms with Crippen molar-refractivity contribution in [3.8, 4) is 0 Å². The van der Waals surface area contributed by atoms with Crippen molar-refractivity contribution in [1.29, 1.82) is 0 Å². The average molecular weight is 262 g/mol. The third-order valence-electron chi connectivity index (χ3n) is 3.88. The van der Waals surface area contributed by atoms with Crippen molar-refractivity contribution in [1.82, 2.24) is 0 Å². The van der Waals surface area contributed by atoms with E-state index in [4.69, 9.17) is 0 Å². The van der Waals surface area contributed by atoms with Crippen LogP contribution in [0.15, 0.2) is 54.1 Å². The van der Waals surface area contributed by atoms with Gasteiger partial charge in [-0.2, -0.15) is 0 Å². The van der Waals surface area contributed by atoms with Crippen molar-refractivity contribution in [2.75, 3.05) is 0 Å². The van der Waals surface area contributed by atoms with Gasteiger partial charge in [-0.15, -0.1) is 0 Å². The summed E-state index contributed by atoms with van der Waals surface area (Å²) in [5.41, 5.74) is 5.32. The van der Waals surface area contributed by atoms with E-state index in [-0.39, 0.29) is 5.78 Å². The Morgan fingerprint density at radius 3 is 2.35 bits per heavy atom. The Morgan fingerprint density at radius 1 is 1.00 bits per heavy atom. The van der Waals surface area contributed by atoms with Gasteiger partial charge in [0.05, 0.1) is 0 Å². The molecular formula is C19H18O. The molecule has 0 aliphatic heterocycles. The van der Waals surface area contributed by atoms with Gasteiger partial charge in [0, 0.05) is 17.6 Å². The number of carbonyl (C=O) groups is 1. The summed E-state index contributed by atoms with van der Waals surface area (Å²) in [7, 11) is 0. The number of hydrogen-bond donors (Lipinski definition) is 0. The van der Waals surface area contributed by atoms with E-state index in [0.717, 1.165) is 28.7 Å². The van der Waals surface area contributed by atoms with Crippen LogP contribution in [-0.2, 0) is 6.42 Å². The predicted molar refractivity (Wildman–Crippen MR) is 83.0 cm³/mol. The van der Waals surface area contributed by atoms with Crippen LogP contribution in [0.2, 0.25) is 0 Å². The highest BCUT2D eigenvalue weighted by Crippen LogP contribution is 2.27. The molecule has 20 heavy (non-hydrogen) atoms. The molecule has 0 saturated carbocycles. The summed E-state index contributed by atoms with van der Waals surface area (Å²) in [5, 5.41) is 0. The number of allylic oxidation sites excluding steroid dienone is 1. The molecule has 100 valence electrons. The van der Waals surface area contributed by atoms with E-state index in [1.165, 1.54) is 5.56 Å². The molecule has 0 heterocycles. The maximum Gasteiger partial charge on any atom is 0.189 e. The molecule has 1 aliphatic rings. The summed E-state index contributed by atoms with van der Waals surface area (Å²) in [6.45, 7) is 4.37. The largest absolute Gasteiger partial charge is 0.289 e.